The molecule has 1 aliphatic rings. The Labute approximate surface area is 178 Å². The van der Waals surface area contributed by atoms with Crippen molar-refractivity contribution < 1.29 is 27.6 Å². The molecule has 0 bridgehead atoms. The van der Waals surface area contributed by atoms with Gasteiger partial charge in [0.2, 0.25) is 5.78 Å². The molecule has 2 heterocycles. The van der Waals surface area contributed by atoms with Gasteiger partial charge in [-0.25, -0.2) is 15.1 Å². The number of nitrogens with one attached hydrogen (secondary N) is 1. The molecular formula is C18H24N4O6S2. The molecule has 0 aliphatic heterocycles. The Balaban J connectivity index is 1.73. The van der Waals surface area contributed by atoms with Crippen molar-refractivity contribution in [1.29, 1.82) is 0 Å². The van der Waals surface area contributed by atoms with Crippen molar-refractivity contribution in [3.8, 4) is 0 Å². The third-order valence-corrected chi connectivity index (χ3v) is 6.70. The Morgan fingerprint density at radius 3 is 2.77 bits per heavy atom. The maximum atomic E-state index is 13.0. The van der Waals surface area contributed by atoms with E-state index in [0.717, 1.165) is 0 Å². The van der Waals surface area contributed by atoms with Crippen LogP contribution < -0.4 is 10.5 Å². The summed E-state index contributed by atoms with van der Waals surface area (Å²) in [7, 11) is -4.08. The summed E-state index contributed by atoms with van der Waals surface area (Å²) in [6, 6.07) is 3.11. The number of thiophene rings is 1. The molecule has 1 aliphatic carbocycles. The number of anilines is 1. The molecule has 2 aromatic heterocycles. The molecule has 2 aromatic rings. The summed E-state index contributed by atoms with van der Waals surface area (Å²) >= 11 is 1.20. The topological polar surface area (TPSA) is 165 Å². The van der Waals surface area contributed by atoms with Crippen LogP contribution in [0.4, 0.5) is 5.82 Å². The minimum atomic E-state index is -4.08. The summed E-state index contributed by atoms with van der Waals surface area (Å²) in [4.78, 5) is 22.2. The lowest BCUT2D eigenvalue weighted by Gasteiger charge is -2.16. The van der Waals surface area contributed by atoms with Crippen molar-refractivity contribution in [2.75, 3.05) is 11.9 Å². The number of aliphatic hydroxyl groups excluding tert-OH is 1. The predicted molar refractivity (Wildman–Crippen MR) is 110 cm³/mol. The number of hydrogen-bond acceptors (Lipinski definition) is 10. The molecule has 164 valence electrons. The molecule has 30 heavy (non-hydrogen) atoms. The van der Waals surface area contributed by atoms with E-state index in [1.165, 1.54) is 23.9 Å². The molecule has 0 amide bonds. The van der Waals surface area contributed by atoms with Gasteiger partial charge in [-0.05, 0) is 38.8 Å². The van der Waals surface area contributed by atoms with E-state index in [0.29, 0.717) is 28.4 Å². The van der Waals surface area contributed by atoms with Crippen molar-refractivity contribution in [1.82, 2.24) is 9.97 Å². The van der Waals surface area contributed by atoms with Crippen molar-refractivity contribution in [2.24, 2.45) is 11.1 Å². The molecule has 3 atom stereocenters. The van der Waals surface area contributed by atoms with E-state index in [1.54, 1.807) is 26.0 Å². The van der Waals surface area contributed by atoms with Gasteiger partial charge in [-0.2, -0.15) is 8.42 Å². The summed E-state index contributed by atoms with van der Waals surface area (Å²) in [6.45, 7) is 3.07. The van der Waals surface area contributed by atoms with Gasteiger partial charge in [-0.1, -0.05) is 0 Å². The van der Waals surface area contributed by atoms with Gasteiger partial charge < -0.3 is 15.5 Å². The average Bonchev–Trinajstić information content (AvgIpc) is 3.26. The van der Waals surface area contributed by atoms with E-state index < -0.39 is 27.9 Å². The number of nitrogens with two attached hydrogens (primary N) is 1. The Morgan fingerprint density at radius 1 is 1.40 bits per heavy atom. The number of aromatic nitrogens is 2. The molecular weight excluding hydrogens is 432 g/mol. The van der Waals surface area contributed by atoms with Crippen molar-refractivity contribution in [3.63, 3.8) is 0 Å². The quantitative estimate of drug-likeness (QED) is 0.420. The second kappa shape index (κ2) is 8.65. The summed E-state index contributed by atoms with van der Waals surface area (Å²) in [5, 5.41) is 28.3. The largest absolute Gasteiger partial charge is 0.393 e. The van der Waals surface area contributed by atoms with Crippen LogP contribution in [0.2, 0.25) is 0 Å². The first-order valence-electron chi connectivity index (χ1n) is 9.23. The Morgan fingerprint density at radius 2 is 2.13 bits per heavy atom. The number of carbonyl (C=O) groups is 1. The lowest BCUT2D eigenvalue weighted by atomic mass is 10.1. The minimum Gasteiger partial charge on any atom is -0.393 e. The summed E-state index contributed by atoms with van der Waals surface area (Å²) in [5.41, 5.74) is -0.786. The summed E-state index contributed by atoms with van der Waals surface area (Å²) in [5.74, 6) is -0.391. The highest BCUT2D eigenvalue weighted by molar-refractivity contribution is 7.84. The maximum absolute atomic E-state index is 13.0. The lowest BCUT2D eigenvalue weighted by molar-refractivity contribution is 0.0825. The lowest BCUT2D eigenvalue weighted by Crippen LogP contribution is -2.24. The van der Waals surface area contributed by atoms with Crippen LogP contribution in [0, 0.1) is 5.92 Å². The van der Waals surface area contributed by atoms with Crippen LogP contribution in [0.3, 0.4) is 0 Å². The number of hydrogen-bond donors (Lipinski definition) is 4. The van der Waals surface area contributed by atoms with E-state index in [9.17, 15) is 23.4 Å². The molecule has 12 heteroatoms. The predicted octanol–water partition coefficient (Wildman–Crippen LogP) is 0.768. The molecule has 1 saturated carbocycles. The third-order valence-electron chi connectivity index (χ3n) is 4.83. The fourth-order valence-electron chi connectivity index (χ4n) is 3.31. The molecule has 10 nitrogen and oxygen atoms in total. The standard InChI is InChI=1S/C18H24N4O6S2/c1-18(2,25)15-4-3-14(29-15)16(24)12-7-20-9-21-17(12)22-11-5-10(13(23)6-11)8-28-30(19,26)27/h3-4,7,9-11,13,23,25H,5-6,8H2,1-2H3,(H2,19,26,27)(H,20,21,22)/t10-,11-,13+/m1/s1. The van der Waals surface area contributed by atoms with Crippen LogP contribution >= 0.6 is 11.3 Å². The van der Waals surface area contributed by atoms with Crippen molar-refractivity contribution >= 4 is 33.2 Å². The first kappa shape index (κ1) is 22.7. The highest BCUT2D eigenvalue weighted by atomic mass is 32.2. The number of carbonyl (C=O) groups excluding carboxylic acids is 1. The normalized spacial score (nSPS) is 22.2. The van der Waals surface area contributed by atoms with E-state index in [2.05, 4.69) is 19.5 Å². The third kappa shape index (κ3) is 5.59. The Bertz CT molecular complexity index is 1020. The van der Waals surface area contributed by atoms with E-state index in [1.807, 2.05) is 0 Å². The molecule has 0 saturated heterocycles. The van der Waals surface area contributed by atoms with Gasteiger partial charge in [-0.15, -0.1) is 11.3 Å². The average molecular weight is 457 g/mol. The van der Waals surface area contributed by atoms with Crippen LogP contribution in [-0.2, 0) is 20.1 Å². The Kier molecular flexibility index (Phi) is 6.55. The first-order chi connectivity index (χ1) is 13.9. The highest BCUT2D eigenvalue weighted by Crippen LogP contribution is 2.32. The second-order valence-electron chi connectivity index (χ2n) is 7.75. The molecule has 3 rings (SSSR count). The summed E-state index contributed by atoms with van der Waals surface area (Å²) < 4.78 is 26.5. The zero-order chi connectivity index (χ0) is 22.1. The van der Waals surface area contributed by atoms with E-state index >= 15 is 0 Å². The molecule has 0 spiro atoms. The van der Waals surface area contributed by atoms with Gasteiger partial charge in [0.25, 0.3) is 0 Å². The molecule has 0 aromatic carbocycles. The van der Waals surface area contributed by atoms with Crippen LogP contribution in [0.15, 0.2) is 24.7 Å². The maximum Gasteiger partial charge on any atom is 0.333 e. The smallest absolute Gasteiger partial charge is 0.333 e. The highest BCUT2D eigenvalue weighted by Gasteiger charge is 2.35. The molecule has 5 N–H and O–H groups in total. The zero-order valence-electron chi connectivity index (χ0n) is 16.5. The Hall–Kier alpha value is -1.96. The fourth-order valence-corrected chi connectivity index (χ4v) is 4.63. The van der Waals surface area contributed by atoms with Gasteiger partial charge >= 0.3 is 10.3 Å². The number of aliphatic hydroxyl groups is 2. The van der Waals surface area contributed by atoms with Crippen molar-refractivity contribution in [3.05, 3.63) is 40.0 Å². The van der Waals surface area contributed by atoms with Gasteiger partial charge in [0, 0.05) is 23.0 Å². The molecule has 0 radical (unpaired) electrons. The van der Waals surface area contributed by atoms with Crippen LogP contribution in [0.5, 0.6) is 0 Å². The monoisotopic (exact) mass is 456 g/mol. The summed E-state index contributed by atoms with van der Waals surface area (Å²) in [6.07, 6.45) is 2.68. The van der Waals surface area contributed by atoms with Crippen LogP contribution in [0.1, 0.15) is 46.8 Å². The van der Waals surface area contributed by atoms with Crippen molar-refractivity contribution in [2.45, 2.75) is 44.4 Å². The number of rotatable bonds is 8. The van der Waals surface area contributed by atoms with E-state index in [-0.39, 0.29) is 24.0 Å². The molecule has 0 unspecified atom stereocenters. The van der Waals surface area contributed by atoms with Crippen LogP contribution in [0.25, 0.3) is 0 Å². The van der Waals surface area contributed by atoms with Gasteiger partial charge in [-0.3, -0.25) is 8.98 Å². The van der Waals surface area contributed by atoms with Gasteiger partial charge in [0.05, 0.1) is 28.8 Å². The zero-order valence-corrected chi connectivity index (χ0v) is 18.1. The minimum absolute atomic E-state index is 0.220. The first-order valence-corrected chi connectivity index (χ1v) is 11.5. The van der Waals surface area contributed by atoms with Crippen LogP contribution in [-0.4, -0.2) is 53.1 Å². The van der Waals surface area contributed by atoms with E-state index in [4.69, 9.17) is 5.14 Å². The van der Waals surface area contributed by atoms with Gasteiger partial charge in [0.1, 0.15) is 12.1 Å². The number of nitrogens with zero attached hydrogens (tertiary/aromatic N) is 2. The fraction of sp³-hybridized carbons (Fsp3) is 0.500. The van der Waals surface area contributed by atoms with Gasteiger partial charge in [0.15, 0.2) is 0 Å². The molecule has 1 fully saturated rings. The second-order valence-corrected chi connectivity index (χ2v) is 10.1. The number of ketones is 1. The SMILES string of the molecule is CC(C)(O)c1ccc(C(=O)c2cncnc2N[C@@H]2C[C@H](COS(N)(=O)=O)[C@@H](O)C2)s1.